The number of sulfonamides is 1. The van der Waals surface area contributed by atoms with Crippen LogP contribution in [0.3, 0.4) is 0 Å². The summed E-state index contributed by atoms with van der Waals surface area (Å²) in [5, 5.41) is 3.78. The highest BCUT2D eigenvalue weighted by molar-refractivity contribution is 7.92. The summed E-state index contributed by atoms with van der Waals surface area (Å²) in [6.07, 6.45) is 0.207. The van der Waals surface area contributed by atoms with Crippen molar-refractivity contribution in [1.29, 1.82) is 0 Å². The van der Waals surface area contributed by atoms with E-state index in [0.717, 1.165) is 9.87 Å². The summed E-state index contributed by atoms with van der Waals surface area (Å²) in [6, 6.07) is 27.4. The number of nitrogens with zero attached hydrogens (tertiary/aromatic N) is 2. The third-order valence-corrected chi connectivity index (χ3v) is 9.34. The van der Waals surface area contributed by atoms with Gasteiger partial charge in [0.2, 0.25) is 11.8 Å². The molecule has 4 aromatic carbocycles. The highest BCUT2D eigenvalue weighted by atomic mass is 35.5. The number of anilines is 1. The molecule has 0 bridgehead atoms. The minimum absolute atomic E-state index is 0.0144. The largest absolute Gasteiger partial charge is 0.494 e. The van der Waals surface area contributed by atoms with E-state index in [1.165, 1.54) is 29.2 Å². The molecule has 0 spiro atoms. The molecule has 4 rings (SSSR count). The van der Waals surface area contributed by atoms with Crippen molar-refractivity contribution in [1.82, 2.24) is 10.2 Å². The standard InChI is InChI=1S/C35H37Cl2N3O5S/c1-4-45-31-17-15-30(16-18-31)40(46(43,44)32-19-13-28(36)14-20-32)24-34(41)39(23-27-11-8-12-29(37)21-27)33(35(42)38-25(2)3)22-26-9-6-5-7-10-26/h5-21,25,33H,4,22-24H2,1-3H3,(H,38,42)/t33-/m0/s1. The zero-order valence-electron chi connectivity index (χ0n) is 25.9. The van der Waals surface area contributed by atoms with Crippen molar-refractivity contribution in [2.75, 3.05) is 17.5 Å². The molecule has 1 atom stereocenters. The average Bonchev–Trinajstić information content (AvgIpc) is 3.02. The Labute approximate surface area is 280 Å². The summed E-state index contributed by atoms with van der Waals surface area (Å²) < 4.78 is 34.9. The van der Waals surface area contributed by atoms with Gasteiger partial charge in [-0.1, -0.05) is 65.7 Å². The van der Waals surface area contributed by atoms with Gasteiger partial charge in [0.15, 0.2) is 0 Å². The molecular weight excluding hydrogens is 645 g/mol. The maximum Gasteiger partial charge on any atom is 0.264 e. The molecule has 0 saturated heterocycles. The van der Waals surface area contributed by atoms with Crippen molar-refractivity contribution in [3.05, 3.63) is 124 Å². The number of halogens is 2. The Balaban J connectivity index is 1.80. The molecule has 0 heterocycles. The maximum absolute atomic E-state index is 14.5. The van der Waals surface area contributed by atoms with Crippen LogP contribution in [0.4, 0.5) is 5.69 Å². The number of amides is 2. The van der Waals surface area contributed by atoms with Gasteiger partial charge in [0.1, 0.15) is 18.3 Å². The zero-order chi connectivity index (χ0) is 33.3. The lowest BCUT2D eigenvalue weighted by molar-refractivity contribution is -0.140. The number of rotatable bonds is 14. The van der Waals surface area contributed by atoms with Gasteiger partial charge in [-0.2, -0.15) is 0 Å². The third-order valence-electron chi connectivity index (χ3n) is 7.06. The minimum atomic E-state index is -4.26. The predicted molar refractivity (Wildman–Crippen MR) is 183 cm³/mol. The molecule has 0 saturated carbocycles. The van der Waals surface area contributed by atoms with Gasteiger partial charge in [-0.15, -0.1) is 0 Å². The quantitative estimate of drug-likeness (QED) is 0.159. The van der Waals surface area contributed by atoms with Crippen molar-refractivity contribution in [2.45, 2.75) is 50.7 Å². The number of hydrogen-bond acceptors (Lipinski definition) is 5. The summed E-state index contributed by atoms with van der Waals surface area (Å²) in [5.74, 6) is -0.383. The van der Waals surface area contributed by atoms with Crippen LogP contribution in [0.25, 0.3) is 0 Å². The van der Waals surface area contributed by atoms with Crippen molar-refractivity contribution in [3.8, 4) is 5.75 Å². The van der Waals surface area contributed by atoms with Crippen LogP contribution < -0.4 is 14.4 Å². The van der Waals surface area contributed by atoms with Gasteiger partial charge in [0, 0.05) is 29.1 Å². The lowest BCUT2D eigenvalue weighted by atomic mass is 10.0. The topological polar surface area (TPSA) is 96.0 Å². The van der Waals surface area contributed by atoms with Gasteiger partial charge < -0.3 is 15.0 Å². The van der Waals surface area contributed by atoms with E-state index in [2.05, 4.69) is 5.32 Å². The number of nitrogens with one attached hydrogen (secondary N) is 1. The Hall–Kier alpha value is -4.05. The summed E-state index contributed by atoms with van der Waals surface area (Å²) >= 11 is 12.4. The van der Waals surface area contributed by atoms with Crippen LogP contribution in [-0.2, 0) is 32.6 Å². The van der Waals surface area contributed by atoms with E-state index >= 15 is 0 Å². The van der Waals surface area contributed by atoms with Crippen molar-refractivity contribution in [3.63, 3.8) is 0 Å². The van der Waals surface area contributed by atoms with E-state index in [1.807, 2.05) is 51.1 Å². The van der Waals surface area contributed by atoms with Gasteiger partial charge in [-0.3, -0.25) is 13.9 Å². The Morgan fingerprint density at radius 3 is 2.09 bits per heavy atom. The fourth-order valence-electron chi connectivity index (χ4n) is 4.90. The van der Waals surface area contributed by atoms with E-state index in [4.69, 9.17) is 27.9 Å². The molecule has 0 fully saturated rings. The highest BCUT2D eigenvalue weighted by Gasteiger charge is 2.35. The smallest absolute Gasteiger partial charge is 0.264 e. The average molecular weight is 683 g/mol. The molecule has 46 heavy (non-hydrogen) atoms. The number of ether oxygens (including phenoxy) is 1. The van der Waals surface area contributed by atoms with Crippen molar-refractivity contribution >= 4 is 50.7 Å². The molecule has 0 radical (unpaired) electrons. The Kier molecular flexibility index (Phi) is 12.1. The summed E-state index contributed by atoms with van der Waals surface area (Å²) in [5.41, 5.74) is 1.78. The van der Waals surface area contributed by atoms with Crippen LogP contribution in [0.5, 0.6) is 5.75 Å². The fraction of sp³-hybridized carbons (Fsp3) is 0.257. The second-order valence-corrected chi connectivity index (χ2v) is 13.6. The number of carbonyl (C=O) groups excluding carboxylic acids is 2. The molecule has 8 nitrogen and oxygen atoms in total. The normalized spacial score (nSPS) is 12.0. The predicted octanol–water partition coefficient (Wildman–Crippen LogP) is 6.75. The summed E-state index contributed by atoms with van der Waals surface area (Å²) in [4.78, 5) is 29.7. The molecule has 1 N–H and O–H groups in total. The lowest BCUT2D eigenvalue weighted by Crippen LogP contribution is -2.54. The minimum Gasteiger partial charge on any atom is -0.494 e. The van der Waals surface area contributed by atoms with Gasteiger partial charge in [0.25, 0.3) is 10.0 Å². The summed E-state index contributed by atoms with van der Waals surface area (Å²) in [7, 11) is -4.26. The van der Waals surface area contributed by atoms with Gasteiger partial charge in [-0.05, 0) is 92.6 Å². The van der Waals surface area contributed by atoms with Gasteiger partial charge in [-0.25, -0.2) is 8.42 Å². The van der Waals surface area contributed by atoms with Gasteiger partial charge in [0.05, 0.1) is 17.2 Å². The molecule has 242 valence electrons. The molecular formula is C35H37Cl2N3O5S. The first-order valence-electron chi connectivity index (χ1n) is 14.9. The first-order chi connectivity index (χ1) is 22.0. The van der Waals surface area contributed by atoms with Crippen LogP contribution in [0.1, 0.15) is 31.9 Å². The Morgan fingerprint density at radius 1 is 0.826 bits per heavy atom. The molecule has 0 unspecified atom stereocenters. The molecule has 0 aliphatic heterocycles. The molecule has 2 amide bonds. The molecule has 0 aromatic heterocycles. The maximum atomic E-state index is 14.5. The molecule has 0 aliphatic carbocycles. The van der Waals surface area contributed by atoms with Gasteiger partial charge >= 0.3 is 0 Å². The number of hydrogen-bond donors (Lipinski definition) is 1. The van der Waals surface area contributed by atoms with E-state index < -0.39 is 28.5 Å². The van der Waals surface area contributed by atoms with Crippen LogP contribution in [0, 0.1) is 0 Å². The van der Waals surface area contributed by atoms with E-state index in [1.54, 1.807) is 48.5 Å². The number of carbonyl (C=O) groups is 2. The second kappa shape index (κ2) is 16.0. The monoisotopic (exact) mass is 681 g/mol. The third kappa shape index (κ3) is 9.25. The molecule has 11 heteroatoms. The Bertz CT molecular complexity index is 1720. The van der Waals surface area contributed by atoms with Crippen LogP contribution >= 0.6 is 23.2 Å². The molecule has 0 aliphatic rings. The highest BCUT2D eigenvalue weighted by Crippen LogP contribution is 2.28. The van der Waals surface area contributed by atoms with Crippen LogP contribution in [0.2, 0.25) is 10.0 Å². The van der Waals surface area contributed by atoms with Crippen molar-refractivity contribution < 1.29 is 22.7 Å². The SMILES string of the molecule is CCOc1ccc(N(CC(=O)N(Cc2cccc(Cl)c2)[C@@H](Cc2ccccc2)C(=O)NC(C)C)S(=O)(=O)c2ccc(Cl)cc2)cc1. The van der Waals surface area contributed by atoms with Crippen LogP contribution in [0.15, 0.2) is 108 Å². The molecule has 4 aromatic rings. The lowest BCUT2D eigenvalue weighted by Gasteiger charge is -2.34. The van der Waals surface area contributed by atoms with Crippen LogP contribution in [-0.4, -0.2) is 50.4 Å². The second-order valence-electron chi connectivity index (χ2n) is 10.9. The van der Waals surface area contributed by atoms with Crippen molar-refractivity contribution in [2.24, 2.45) is 0 Å². The van der Waals surface area contributed by atoms with E-state index in [-0.39, 0.29) is 35.5 Å². The fourth-order valence-corrected chi connectivity index (χ4v) is 6.66. The number of benzene rings is 4. The van der Waals surface area contributed by atoms with E-state index in [0.29, 0.717) is 28.0 Å². The summed E-state index contributed by atoms with van der Waals surface area (Å²) in [6.45, 7) is 5.39. The Morgan fingerprint density at radius 2 is 1.48 bits per heavy atom. The first kappa shape index (κ1) is 34.8. The van der Waals surface area contributed by atoms with E-state index in [9.17, 15) is 18.0 Å². The first-order valence-corrected chi connectivity index (χ1v) is 17.1. The zero-order valence-corrected chi connectivity index (χ0v) is 28.2.